The number of rotatable bonds is 7. The van der Waals surface area contributed by atoms with Crippen molar-refractivity contribution in [1.82, 2.24) is 4.90 Å². The van der Waals surface area contributed by atoms with Crippen molar-refractivity contribution in [3.8, 4) is 5.75 Å². The van der Waals surface area contributed by atoms with Crippen LogP contribution in [0.5, 0.6) is 5.75 Å². The van der Waals surface area contributed by atoms with Gasteiger partial charge >= 0.3 is 0 Å². The Hall–Kier alpha value is -2.68. The molecule has 0 aliphatic carbocycles. The Kier molecular flexibility index (Phi) is 8.49. The Morgan fingerprint density at radius 1 is 0.944 bits per heavy atom. The van der Waals surface area contributed by atoms with E-state index in [1.807, 2.05) is 0 Å². The topological polar surface area (TPSA) is 75.7 Å². The predicted molar refractivity (Wildman–Crippen MR) is 145 cm³/mol. The summed E-state index contributed by atoms with van der Waals surface area (Å²) in [5.74, 6) is -0.640. The molecule has 0 aromatic heterocycles. The van der Waals surface area contributed by atoms with E-state index >= 15 is 0 Å². The van der Waals surface area contributed by atoms with Crippen molar-refractivity contribution in [1.29, 1.82) is 0 Å². The van der Waals surface area contributed by atoms with Gasteiger partial charge in [-0.3, -0.25) is 19.3 Å². The number of thioether (sulfide) groups is 1. The highest BCUT2D eigenvalue weighted by Crippen LogP contribution is 2.37. The van der Waals surface area contributed by atoms with Crippen LogP contribution >= 0.6 is 58.2 Å². The predicted octanol–water partition coefficient (Wildman–Crippen LogP) is 7.55. The number of nitrogens with one attached hydrogen (secondary N) is 1. The maximum Gasteiger partial charge on any atom is 0.293 e. The molecule has 6 nitrogen and oxygen atoms in total. The summed E-state index contributed by atoms with van der Waals surface area (Å²) in [5.41, 5.74) is 1.35. The summed E-state index contributed by atoms with van der Waals surface area (Å²) < 4.78 is 5.68. The summed E-state index contributed by atoms with van der Waals surface area (Å²) in [4.78, 5) is 39.2. The lowest BCUT2D eigenvalue weighted by Gasteiger charge is -2.15. The van der Waals surface area contributed by atoms with Gasteiger partial charge in [0.05, 0.1) is 22.2 Å². The molecule has 36 heavy (non-hydrogen) atoms. The molecule has 0 radical (unpaired) electrons. The molecule has 0 unspecified atom stereocenters. The van der Waals surface area contributed by atoms with Gasteiger partial charge in [-0.05, 0) is 60.3 Å². The number of nitrogens with zero attached hydrogens (tertiary/aromatic N) is 1. The first kappa shape index (κ1) is 26.4. The maximum atomic E-state index is 13.0. The number of ether oxygens (including phenoxy) is 1. The number of hydrogen-bond donors (Lipinski definition) is 1. The zero-order valence-corrected chi connectivity index (χ0v) is 22.1. The molecule has 1 N–H and O–H groups in total. The van der Waals surface area contributed by atoms with E-state index in [4.69, 9.17) is 51.1 Å². The van der Waals surface area contributed by atoms with Crippen molar-refractivity contribution in [3.05, 3.63) is 96.8 Å². The highest BCUT2D eigenvalue weighted by Gasteiger charge is 2.36. The molecule has 184 valence electrons. The van der Waals surface area contributed by atoms with E-state index in [1.165, 1.54) is 6.08 Å². The Morgan fingerprint density at radius 3 is 2.36 bits per heavy atom. The van der Waals surface area contributed by atoms with Crippen LogP contribution in [-0.4, -0.2) is 28.6 Å². The molecule has 3 amide bonds. The van der Waals surface area contributed by atoms with Gasteiger partial charge in [-0.25, -0.2) is 0 Å². The van der Waals surface area contributed by atoms with Gasteiger partial charge < -0.3 is 10.1 Å². The lowest BCUT2D eigenvalue weighted by Crippen LogP contribution is -2.27. The van der Waals surface area contributed by atoms with Crippen LogP contribution < -0.4 is 10.1 Å². The summed E-state index contributed by atoms with van der Waals surface area (Å²) >= 11 is 25.4. The van der Waals surface area contributed by atoms with Crippen molar-refractivity contribution >= 4 is 87.0 Å². The molecule has 0 spiro atoms. The van der Waals surface area contributed by atoms with Crippen molar-refractivity contribution < 1.29 is 19.1 Å². The van der Waals surface area contributed by atoms with Crippen LogP contribution in [-0.2, 0) is 16.1 Å². The van der Waals surface area contributed by atoms with Gasteiger partial charge in [-0.1, -0.05) is 64.6 Å². The molecular weight excluding hydrogens is 566 g/mol. The lowest BCUT2D eigenvalue weighted by molar-refractivity contribution is -0.123. The second-order valence-electron chi connectivity index (χ2n) is 7.47. The Morgan fingerprint density at radius 2 is 1.64 bits per heavy atom. The normalized spacial score (nSPS) is 14.4. The van der Waals surface area contributed by atoms with E-state index in [2.05, 4.69) is 5.32 Å². The minimum atomic E-state index is -0.511. The average Bonchev–Trinajstić information content (AvgIpc) is 3.09. The largest absolute Gasteiger partial charge is 0.483 e. The molecule has 3 aromatic carbocycles. The highest BCUT2D eigenvalue weighted by atomic mass is 35.5. The minimum absolute atomic E-state index is 0.0678. The SMILES string of the molecule is O=C(COc1ccc(Cl)cc1/C=C1\SC(=O)N(Cc2c(Cl)cccc2Cl)C1=O)Nc1ccccc1Cl. The van der Waals surface area contributed by atoms with Crippen LogP contribution in [0.15, 0.2) is 65.6 Å². The molecule has 1 fully saturated rings. The fourth-order valence-electron chi connectivity index (χ4n) is 3.27. The van der Waals surface area contributed by atoms with Crippen LogP contribution in [0.4, 0.5) is 10.5 Å². The third-order valence-electron chi connectivity index (χ3n) is 5.02. The second kappa shape index (κ2) is 11.6. The van der Waals surface area contributed by atoms with Crippen molar-refractivity contribution in [2.75, 3.05) is 11.9 Å². The number of hydrogen-bond acceptors (Lipinski definition) is 5. The summed E-state index contributed by atoms with van der Waals surface area (Å²) in [6, 6.07) is 16.5. The Labute approximate surface area is 231 Å². The number of anilines is 1. The van der Waals surface area contributed by atoms with Gasteiger partial charge in [0, 0.05) is 26.2 Å². The molecule has 1 heterocycles. The molecule has 0 atom stereocenters. The molecule has 0 saturated carbocycles. The van der Waals surface area contributed by atoms with Gasteiger partial charge in [0.2, 0.25) is 0 Å². The van der Waals surface area contributed by atoms with E-state index in [-0.39, 0.29) is 18.1 Å². The average molecular weight is 582 g/mol. The monoisotopic (exact) mass is 580 g/mol. The number of imide groups is 1. The first-order chi connectivity index (χ1) is 17.2. The van der Waals surface area contributed by atoms with E-state index < -0.39 is 17.1 Å². The van der Waals surface area contributed by atoms with Crippen molar-refractivity contribution in [2.45, 2.75) is 6.54 Å². The van der Waals surface area contributed by atoms with Crippen LogP contribution in [0.3, 0.4) is 0 Å². The molecule has 1 aliphatic heterocycles. The fourth-order valence-corrected chi connectivity index (χ4v) is 4.98. The van der Waals surface area contributed by atoms with E-state index in [0.29, 0.717) is 42.7 Å². The summed E-state index contributed by atoms with van der Waals surface area (Å²) in [6.45, 7) is -0.387. The van der Waals surface area contributed by atoms with Gasteiger partial charge in [-0.2, -0.15) is 0 Å². The molecule has 1 saturated heterocycles. The highest BCUT2D eigenvalue weighted by molar-refractivity contribution is 8.18. The minimum Gasteiger partial charge on any atom is -0.483 e. The first-order valence-electron chi connectivity index (χ1n) is 10.4. The second-order valence-corrected chi connectivity index (χ2v) is 10.1. The van der Waals surface area contributed by atoms with E-state index in [9.17, 15) is 14.4 Å². The molecule has 1 aliphatic rings. The smallest absolute Gasteiger partial charge is 0.293 e. The van der Waals surface area contributed by atoms with Gasteiger partial charge in [0.25, 0.3) is 17.1 Å². The van der Waals surface area contributed by atoms with E-state index in [1.54, 1.807) is 60.7 Å². The number of carbonyl (C=O) groups is 3. The quantitative estimate of drug-likeness (QED) is 0.291. The number of carbonyl (C=O) groups excluding carboxylic acids is 3. The molecular formula is C25H16Cl4N2O4S. The van der Waals surface area contributed by atoms with Crippen LogP contribution in [0.1, 0.15) is 11.1 Å². The summed E-state index contributed by atoms with van der Waals surface area (Å²) in [5, 5.41) is 3.69. The zero-order chi connectivity index (χ0) is 25.8. The van der Waals surface area contributed by atoms with E-state index in [0.717, 1.165) is 16.7 Å². The van der Waals surface area contributed by atoms with Crippen LogP contribution in [0.25, 0.3) is 6.08 Å². The number of amides is 3. The lowest BCUT2D eigenvalue weighted by atomic mass is 10.1. The molecule has 11 heteroatoms. The molecule has 3 aromatic rings. The third kappa shape index (κ3) is 6.17. The fraction of sp³-hybridized carbons (Fsp3) is 0.0800. The molecule has 4 rings (SSSR count). The summed E-state index contributed by atoms with van der Waals surface area (Å²) in [6.07, 6.45) is 1.49. The van der Waals surface area contributed by atoms with Gasteiger partial charge in [0.1, 0.15) is 5.75 Å². The third-order valence-corrected chi connectivity index (χ3v) is 7.20. The van der Waals surface area contributed by atoms with Gasteiger partial charge in [-0.15, -0.1) is 0 Å². The standard InChI is InChI=1S/C25H16Cl4N2O4S/c26-15-8-9-21(35-13-23(32)30-20-7-2-1-4-19(20)29)14(10-15)11-22-24(33)31(25(34)36-22)12-16-17(27)5-3-6-18(16)28/h1-11H,12-13H2,(H,30,32)/b22-11-. The van der Waals surface area contributed by atoms with Crippen LogP contribution in [0.2, 0.25) is 20.1 Å². The number of benzene rings is 3. The zero-order valence-electron chi connectivity index (χ0n) is 18.3. The number of halogens is 4. The molecule has 0 bridgehead atoms. The van der Waals surface area contributed by atoms with Gasteiger partial charge in [0.15, 0.2) is 6.61 Å². The Bertz CT molecular complexity index is 1380. The van der Waals surface area contributed by atoms with Crippen molar-refractivity contribution in [2.24, 2.45) is 0 Å². The first-order valence-corrected chi connectivity index (χ1v) is 12.7. The van der Waals surface area contributed by atoms with Crippen LogP contribution in [0, 0.1) is 0 Å². The summed E-state index contributed by atoms with van der Waals surface area (Å²) in [7, 11) is 0. The number of para-hydroxylation sites is 1. The Balaban J connectivity index is 1.51. The maximum absolute atomic E-state index is 13.0. The van der Waals surface area contributed by atoms with Crippen molar-refractivity contribution in [3.63, 3.8) is 0 Å².